The van der Waals surface area contributed by atoms with E-state index in [1.807, 2.05) is 13.0 Å². The fourth-order valence-electron chi connectivity index (χ4n) is 1.18. The second-order valence-corrected chi connectivity index (χ2v) is 4.66. The first-order valence-corrected chi connectivity index (χ1v) is 5.45. The average Bonchev–Trinajstić information content (AvgIpc) is 2.61. The number of fused-ring (bicyclic) bond motifs is 1. The first-order chi connectivity index (χ1) is 6.63. The van der Waals surface area contributed by atoms with Gasteiger partial charge in [-0.15, -0.1) is 11.3 Å². The molecule has 2 heterocycles. The molecule has 0 fully saturated rings. The molecule has 0 aromatic carbocycles. The molecular weight excluding hydrogens is 194 g/mol. The third-order valence-corrected chi connectivity index (χ3v) is 3.73. The highest BCUT2D eigenvalue weighted by Crippen LogP contribution is 2.29. The molecule has 1 atom stereocenters. The van der Waals surface area contributed by atoms with E-state index in [0.29, 0.717) is 0 Å². The van der Waals surface area contributed by atoms with Crippen molar-refractivity contribution in [2.24, 2.45) is 5.73 Å². The Morgan fingerprint density at radius 2 is 2.36 bits per heavy atom. The van der Waals surface area contributed by atoms with Gasteiger partial charge in [-0.3, -0.25) is 4.98 Å². The lowest BCUT2D eigenvalue weighted by Gasteiger charge is -2.18. The molecule has 0 radical (unpaired) electrons. The molecule has 14 heavy (non-hydrogen) atoms. The summed E-state index contributed by atoms with van der Waals surface area (Å²) in [4.78, 5) is 8.52. The zero-order valence-electron chi connectivity index (χ0n) is 8.32. The van der Waals surface area contributed by atoms with Crippen LogP contribution < -0.4 is 5.73 Å². The minimum atomic E-state index is -0.316. The molecule has 0 bridgehead atoms. The molecule has 2 rings (SSSR count). The molecule has 0 aliphatic heterocycles. The second kappa shape index (κ2) is 3.29. The van der Waals surface area contributed by atoms with Gasteiger partial charge in [0.1, 0.15) is 5.01 Å². The van der Waals surface area contributed by atoms with Crippen LogP contribution in [-0.4, -0.2) is 9.97 Å². The van der Waals surface area contributed by atoms with E-state index in [0.717, 1.165) is 21.6 Å². The number of thiazole rings is 1. The Bertz CT molecular complexity index is 414. The van der Waals surface area contributed by atoms with Crippen LogP contribution in [0.3, 0.4) is 0 Å². The van der Waals surface area contributed by atoms with E-state index in [1.165, 1.54) is 0 Å². The average molecular weight is 207 g/mol. The predicted octanol–water partition coefficient (Wildman–Crippen LogP) is 2.28. The molecule has 4 heteroatoms. The first kappa shape index (κ1) is 9.55. The van der Waals surface area contributed by atoms with E-state index in [4.69, 9.17) is 5.73 Å². The maximum absolute atomic E-state index is 6.13. The number of nitrogens with two attached hydrogens (primary N) is 1. The van der Waals surface area contributed by atoms with Crippen molar-refractivity contribution < 1.29 is 0 Å². The Balaban J connectivity index is 2.55. The van der Waals surface area contributed by atoms with Gasteiger partial charge in [0.15, 0.2) is 0 Å². The molecule has 2 aromatic heterocycles. The van der Waals surface area contributed by atoms with Crippen molar-refractivity contribution >= 4 is 21.6 Å². The zero-order valence-corrected chi connectivity index (χ0v) is 9.14. The summed E-state index contributed by atoms with van der Waals surface area (Å²) in [5.41, 5.74) is 6.76. The van der Waals surface area contributed by atoms with Gasteiger partial charge in [0, 0.05) is 6.20 Å². The number of pyridine rings is 1. The summed E-state index contributed by atoms with van der Waals surface area (Å²) in [6.07, 6.45) is 4.45. The van der Waals surface area contributed by atoms with Crippen LogP contribution in [0.25, 0.3) is 10.2 Å². The van der Waals surface area contributed by atoms with E-state index in [1.54, 1.807) is 23.7 Å². The minimum absolute atomic E-state index is 0.316. The predicted molar refractivity (Wildman–Crippen MR) is 59.2 cm³/mol. The summed E-state index contributed by atoms with van der Waals surface area (Å²) < 4.78 is 1.15. The van der Waals surface area contributed by atoms with Gasteiger partial charge >= 0.3 is 0 Å². The van der Waals surface area contributed by atoms with Crippen LogP contribution in [0.5, 0.6) is 0 Å². The van der Waals surface area contributed by atoms with Crippen LogP contribution in [0.4, 0.5) is 0 Å². The fourth-order valence-corrected chi connectivity index (χ4v) is 2.24. The number of hydrogen-bond donors (Lipinski definition) is 1. The normalized spacial score (nSPS) is 15.6. The maximum Gasteiger partial charge on any atom is 0.114 e. The molecule has 0 aliphatic carbocycles. The highest BCUT2D eigenvalue weighted by atomic mass is 32.1. The minimum Gasteiger partial charge on any atom is -0.320 e. The number of aromatic nitrogens is 2. The summed E-state index contributed by atoms with van der Waals surface area (Å²) in [5, 5.41) is 0.989. The van der Waals surface area contributed by atoms with Crippen LogP contribution in [0.1, 0.15) is 25.3 Å². The summed E-state index contributed by atoms with van der Waals surface area (Å²) in [5.74, 6) is 0. The zero-order chi connectivity index (χ0) is 10.2. The Morgan fingerprint density at radius 3 is 3.00 bits per heavy atom. The summed E-state index contributed by atoms with van der Waals surface area (Å²) in [7, 11) is 0. The first-order valence-electron chi connectivity index (χ1n) is 4.63. The van der Waals surface area contributed by atoms with Crippen LogP contribution >= 0.6 is 11.3 Å². The van der Waals surface area contributed by atoms with Gasteiger partial charge in [-0.2, -0.15) is 0 Å². The van der Waals surface area contributed by atoms with Gasteiger partial charge in [-0.25, -0.2) is 4.98 Å². The molecule has 0 saturated carbocycles. The van der Waals surface area contributed by atoms with E-state index >= 15 is 0 Å². The van der Waals surface area contributed by atoms with Gasteiger partial charge in [0.05, 0.1) is 22.0 Å². The highest BCUT2D eigenvalue weighted by molar-refractivity contribution is 7.18. The second-order valence-electron chi connectivity index (χ2n) is 3.63. The molecule has 74 valence electrons. The standard InChI is InChI=1S/C10H13N3S/c1-3-10(2,11)9-13-7-6-12-5-4-8(7)14-9/h4-6H,3,11H2,1-2H3. The summed E-state index contributed by atoms with van der Waals surface area (Å²) >= 11 is 1.65. The van der Waals surface area contributed by atoms with Crippen molar-refractivity contribution in [1.82, 2.24) is 9.97 Å². The van der Waals surface area contributed by atoms with Crippen molar-refractivity contribution in [2.45, 2.75) is 25.8 Å². The van der Waals surface area contributed by atoms with E-state index in [2.05, 4.69) is 16.9 Å². The van der Waals surface area contributed by atoms with Crippen LogP contribution in [0.15, 0.2) is 18.5 Å². The molecule has 0 amide bonds. The molecular formula is C10H13N3S. The van der Waals surface area contributed by atoms with Crippen LogP contribution in [-0.2, 0) is 5.54 Å². The lowest BCUT2D eigenvalue weighted by Crippen LogP contribution is -2.31. The topological polar surface area (TPSA) is 51.8 Å². The molecule has 1 unspecified atom stereocenters. The summed E-state index contributed by atoms with van der Waals surface area (Å²) in [6.45, 7) is 4.09. The highest BCUT2D eigenvalue weighted by Gasteiger charge is 2.22. The molecule has 0 saturated heterocycles. The molecule has 0 spiro atoms. The van der Waals surface area contributed by atoms with Crippen LogP contribution in [0, 0.1) is 0 Å². The molecule has 0 aliphatic rings. The van der Waals surface area contributed by atoms with Gasteiger partial charge in [0.25, 0.3) is 0 Å². The maximum atomic E-state index is 6.13. The lowest BCUT2D eigenvalue weighted by atomic mass is 10.0. The monoisotopic (exact) mass is 207 g/mol. The van der Waals surface area contributed by atoms with E-state index in [9.17, 15) is 0 Å². The van der Waals surface area contributed by atoms with Crippen molar-refractivity contribution in [3.63, 3.8) is 0 Å². The molecule has 2 aromatic rings. The van der Waals surface area contributed by atoms with Crippen molar-refractivity contribution in [1.29, 1.82) is 0 Å². The van der Waals surface area contributed by atoms with Gasteiger partial charge in [-0.1, -0.05) is 6.92 Å². The third-order valence-electron chi connectivity index (χ3n) is 2.41. The van der Waals surface area contributed by atoms with Crippen LogP contribution in [0.2, 0.25) is 0 Å². The lowest BCUT2D eigenvalue weighted by molar-refractivity contribution is 0.474. The Morgan fingerprint density at radius 1 is 1.57 bits per heavy atom. The van der Waals surface area contributed by atoms with E-state index < -0.39 is 0 Å². The van der Waals surface area contributed by atoms with Gasteiger partial charge < -0.3 is 5.73 Å². The number of hydrogen-bond acceptors (Lipinski definition) is 4. The Labute approximate surface area is 87.0 Å². The fraction of sp³-hybridized carbons (Fsp3) is 0.400. The molecule has 3 nitrogen and oxygen atoms in total. The van der Waals surface area contributed by atoms with Gasteiger partial charge in [-0.05, 0) is 19.4 Å². The Hall–Kier alpha value is -1.00. The van der Waals surface area contributed by atoms with E-state index in [-0.39, 0.29) is 5.54 Å². The number of nitrogens with zero attached hydrogens (tertiary/aromatic N) is 2. The largest absolute Gasteiger partial charge is 0.320 e. The number of rotatable bonds is 2. The quantitative estimate of drug-likeness (QED) is 0.822. The van der Waals surface area contributed by atoms with Crippen molar-refractivity contribution in [2.75, 3.05) is 0 Å². The smallest absolute Gasteiger partial charge is 0.114 e. The van der Waals surface area contributed by atoms with Crippen molar-refractivity contribution in [3.05, 3.63) is 23.5 Å². The third kappa shape index (κ3) is 1.51. The van der Waals surface area contributed by atoms with Crippen molar-refractivity contribution in [3.8, 4) is 0 Å². The SMILES string of the molecule is CCC(C)(N)c1nc2cnccc2s1. The summed E-state index contributed by atoms with van der Waals surface area (Å²) in [6, 6.07) is 1.97. The van der Waals surface area contributed by atoms with Gasteiger partial charge in [0.2, 0.25) is 0 Å². The Kier molecular flexibility index (Phi) is 2.25. The molecule has 2 N–H and O–H groups in total.